The van der Waals surface area contributed by atoms with Crippen LogP contribution < -0.4 is 20.7 Å². The van der Waals surface area contributed by atoms with Crippen LogP contribution in [-0.4, -0.2) is 77.9 Å². The van der Waals surface area contributed by atoms with E-state index < -0.39 is 15.8 Å². The van der Waals surface area contributed by atoms with Gasteiger partial charge in [0.25, 0.3) is 0 Å². The number of likely N-dealkylation sites (tertiary alicyclic amines) is 1. The molecule has 0 unspecified atom stereocenters. The van der Waals surface area contributed by atoms with E-state index in [-0.39, 0.29) is 63.8 Å². The third-order valence-electron chi connectivity index (χ3n) is 12.8. The number of nitrogen functional groups attached to an aromatic ring is 1. The Morgan fingerprint density at radius 3 is 2.47 bits per heavy atom. The fourth-order valence-corrected chi connectivity index (χ4v) is 11.7. The highest BCUT2D eigenvalue weighted by Gasteiger charge is 2.41. The van der Waals surface area contributed by atoms with Crippen LogP contribution in [0.2, 0.25) is 0 Å². The predicted octanol–water partition coefficient (Wildman–Crippen LogP) is 6.84. The molecule has 1 spiro atoms. The molecule has 5 heterocycles. The summed E-state index contributed by atoms with van der Waals surface area (Å²) < 4.78 is 43.6. The minimum atomic E-state index is -3.72. The zero-order chi connectivity index (χ0) is 41.3. The van der Waals surface area contributed by atoms with Gasteiger partial charge in [-0.1, -0.05) is 25.1 Å². The van der Waals surface area contributed by atoms with Crippen molar-refractivity contribution >= 4 is 56.4 Å². The maximum absolute atomic E-state index is 16.1. The number of hydrogen-bond acceptors (Lipinski definition) is 11. The predicted molar refractivity (Wildman–Crippen MR) is 227 cm³/mol. The molecule has 0 bridgehead atoms. The van der Waals surface area contributed by atoms with Gasteiger partial charge in [0.2, 0.25) is 33.7 Å². The van der Waals surface area contributed by atoms with Crippen molar-refractivity contribution in [2.75, 3.05) is 47.3 Å². The first-order valence-electron chi connectivity index (χ1n) is 20.7. The molecule has 1 aliphatic carbocycles. The fraction of sp³-hybridized carbons (Fsp3) is 0.488. The molecule has 4 N–H and O–H groups in total. The molecule has 4 aromatic rings. The van der Waals surface area contributed by atoms with Crippen LogP contribution in [-0.2, 0) is 24.4 Å². The Bertz CT molecular complexity index is 2320. The largest absolute Gasteiger partial charge is 0.371 e. The maximum atomic E-state index is 16.1. The lowest BCUT2D eigenvalue weighted by Gasteiger charge is -2.46. The highest BCUT2D eigenvalue weighted by atomic mass is 32.2. The molecular weight excluding hydrogens is 792 g/mol. The summed E-state index contributed by atoms with van der Waals surface area (Å²) in [6.45, 7) is 4.99. The summed E-state index contributed by atoms with van der Waals surface area (Å²) in [5.41, 5.74) is 9.14. The molecule has 4 aliphatic rings. The van der Waals surface area contributed by atoms with Crippen LogP contribution in [0.1, 0.15) is 100.0 Å². The maximum Gasteiger partial charge on any atom is 0.234 e. The topological polar surface area (TPSA) is 181 Å². The van der Waals surface area contributed by atoms with Gasteiger partial charge in [-0.05, 0) is 105 Å². The number of rotatable bonds is 11. The number of nitrogens with zero attached hydrogens (tertiary/aromatic N) is 5. The number of sulfonamides is 1. The van der Waals surface area contributed by atoms with Crippen LogP contribution in [0.25, 0.3) is 21.8 Å². The first kappa shape index (κ1) is 40.8. The van der Waals surface area contributed by atoms with Crippen molar-refractivity contribution in [2.45, 2.75) is 89.4 Å². The summed E-state index contributed by atoms with van der Waals surface area (Å²) in [5, 5.41) is 3.33. The molecule has 312 valence electrons. The summed E-state index contributed by atoms with van der Waals surface area (Å²) in [5.74, 6) is -0.765. The van der Waals surface area contributed by atoms with Gasteiger partial charge in [-0.15, -0.1) is 11.3 Å². The summed E-state index contributed by atoms with van der Waals surface area (Å²) in [6, 6.07) is 14.4. The quantitative estimate of drug-likeness (QED) is 0.135. The molecule has 3 saturated heterocycles. The number of nitrogens with two attached hydrogens (primary N) is 1. The van der Waals surface area contributed by atoms with Crippen LogP contribution in [0.5, 0.6) is 0 Å². The van der Waals surface area contributed by atoms with E-state index in [0.717, 1.165) is 87.4 Å². The number of hydrogen-bond donors (Lipinski definition) is 3. The second-order valence-electron chi connectivity index (χ2n) is 16.7. The molecule has 8 rings (SSSR count). The van der Waals surface area contributed by atoms with E-state index in [2.05, 4.69) is 29.8 Å². The van der Waals surface area contributed by atoms with Gasteiger partial charge < -0.3 is 15.5 Å². The SMILES string of the molecule is CCCS(=O)(=O)Nc1cccc(-c2nc(C3CCC4(CC3)CCN(C(=O)C[C@H]3CCN(c5ccc([C@@H]6CCC(=O)NC6=O)cc5)C3)CC4)sc2-c2ccnc(N)n2)c1F. The van der Waals surface area contributed by atoms with Gasteiger partial charge in [0, 0.05) is 62.4 Å². The zero-order valence-electron chi connectivity index (χ0n) is 33.3. The van der Waals surface area contributed by atoms with E-state index in [0.29, 0.717) is 41.9 Å². The number of carbonyl (C=O) groups excluding carboxylic acids is 3. The molecule has 0 radical (unpaired) electrons. The van der Waals surface area contributed by atoms with E-state index in [4.69, 9.17) is 10.7 Å². The number of aromatic nitrogens is 3. The van der Waals surface area contributed by atoms with Crippen molar-refractivity contribution in [1.82, 2.24) is 25.2 Å². The third kappa shape index (κ3) is 8.98. The van der Waals surface area contributed by atoms with Gasteiger partial charge in [-0.2, -0.15) is 0 Å². The molecule has 13 nitrogen and oxygen atoms in total. The van der Waals surface area contributed by atoms with Crippen LogP contribution in [0.4, 0.5) is 21.7 Å². The molecule has 1 saturated carbocycles. The molecular formula is C43H51FN8O5S2. The Kier molecular flexibility index (Phi) is 11.7. The number of piperidine rings is 2. The van der Waals surface area contributed by atoms with E-state index in [9.17, 15) is 22.8 Å². The van der Waals surface area contributed by atoms with Crippen LogP contribution in [0.3, 0.4) is 0 Å². The Balaban J connectivity index is 0.872. The van der Waals surface area contributed by atoms with E-state index in [1.807, 2.05) is 24.3 Å². The van der Waals surface area contributed by atoms with Gasteiger partial charge in [0.05, 0.1) is 38.6 Å². The summed E-state index contributed by atoms with van der Waals surface area (Å²) in [6.07, 6.45) is 10.2. The Hall–Kier alpha value is -4.96. The number of halogens is 1. The fourth-order valence-electron chi connectivity index (χ4n) is 9.40. The summed E-state index contributed by atoms with van der Waals surface area (Å²) in [7, 11) is -3.72. The molecule has 59 heavy (non-hydrogen) atoms. The zero-order valence-corrected chi connectivity index (χ0v) is 34.9. The smallest absolute Gasteiger partial charge is 0.234 e. The molecule has 4 fully saturated rings. The van der Waals surface area contributed by atoms with Gasteiger partial charge >= 0.3 is 0 Å². The van der Waals surface area contributed by atoms with Gasteiger partial charge in [0.15, 0.2) is 5.82 Å². The Morgan fingerprint density at radius 1 is 1.00 bits per heavy atom. The lowest BCUT2D eigenvalue weighted by Crippen LogP contribution is -2.44. The van der Waals surface area contributed by atoms with Crippen molar-refractivity contribution in [3.63, 3.8) is 0 Å². The number of thiazole rings is 1. The van der Waals surface area contributed by atoms with Crippen LogP contribution in [0.15, 0.2) is 54.7 Å². The Morgan fingerprint density at radius 2 is 1.76 bits per heavy atom. The minimum Gasteiger partial charge on any atom is -0.371 e. The van der Waals surface area contributed by atoms with E-state index in [1.54, 1.807) is 31.3 Å². The monoisotopic (exact) mass is 842 g/mol. The van der Waals surface area contributed by atoms with Crippen molar-refractivity contribution in [3.05, 3.63) is 71.1 Å². The van der Waals surface area contributed by atoms with Crippen molar-refractivity contribution < 1.29 is 27.2 Å². The van der Waals surface area contributed by atoms with Crippen molar-refractivity contribution in [1.29, 1.82) is 0 Å². The standard InChI is InChI=1S/C43H51FN8O5S2/c1-2-24-59(56,57)50-33-5-3-4-32(37(33)44)38-39(34-14-20-46-42(45)47-34)58-41(49-38)29-12-16-43(17-13-29)18-22-51(23-19-43)36(54)25-27-15-21-52(26-27)30-8-6-28(7-9-30)31-10-11-35(53)48-40(31)55/h3-9,14,20,27,29,31,50H,2,10-13,15-19,21-26H2,1H3,(H2,45,46,47)(H,48,53,55)/t27-,31+/m1/s1. The van der Waals surface area contributed by atoms with Crippen LogP contribution >= 0.6 is 11.3 Å². The first-order valence-corrected chi connectivity index (χ1v) is 23.2. The average Bonchev–Trinajstić information content (AvgIpc) is 3.87. The molecule has 2 atom stereocenters. The van der Waals surface area contributed by atoms with Crippen molar-refractivity contribution in [3.8, 4) is 21.8 Å². The van der Waals surface area contributed by atoms with E-state index >= 15 is 4.39 Å². The lowest BCUT2D eigenvalue weighted by molar-refractivity contribution is -0.135. The number of benzene rings is 2. The molecule has 3 amide bonds. The second-order valence-corrected chi connectivity index (χ2v) is 19.5. The molecule has 3 aliphatic heterocycles. The summed E-state index contributed by atoms with van der Waals surface area (Å²) >= 11 is 1.47. The van der Waals surface area contributed by atoms with Gasteiger partial charge in [-0.3, -0.25) is 24.4 Å². The lowest BCUT2D eigenvalue weighted by atomic mass is 9.65. The van der Waals surface area contributed by atoms with Crippen molar-refractivity contribution in [2.24, 2.45) is 11.3 Å². The number of nitrogens with one attached hydrogen (secondary N) is 2. The van der Waals surface area contributed by atoms with Gasteiger partial charge in [-0.25, -0.2) is 27.8 Å². The molecule has 2 aromatic heterocycles. The van der Waals surface area contributed by atoms with E-state index in [1.165, 1.54) is 17.4 Å². The minimum absolute atomic E-state index is 0.0928. The molecule has 16 heteroatoms. The number of amides is 3. The number of imide groups is 1. The highest BCUT2D eigenvalue weighted by molar-refractivity contribution is 7.92. The molecule has 2 aromatic carbocycles. The Labute approximate surface area is 348 Å². The third-order valence-corrected chi connectivity index (χ3v) is 15.5. The van der Waals surface area contributed by atoms with Gasteiger partial charge in [0.1, 0.15) is 0 Å². The highest BCUT2D eigenvalue weighted by Crippen LogP contribution is 2.51. The average molecular weight is 843 g/mol. The number of carbonyl (C=O) groups is 3. The summed E-state index contributed by atoms with van der Waals surface area (Å²) in [4.78, 5) is 56.0. The number of anilines is 3. The second kappa shape index (κ2) is 17.0. The first-order chi connectivity index (χ1) is 28.4. The normalized spacial score (nSPS) is 21.2. The van der Waals surface area contributed by atoms with Crippen LogP contribution in [0, 0.1) is 17.2 Å².